The summed E-state index contributed by atoms with van der Waals surface area (Å²) >= 11 is 0. The summed E-state index contributed by atoms with van der Waals surface area (Å²) in [5.41, 5.74) is 2.87. The molecule has 0 radical (unpaired) electrons. The zero-order valence-electron chi connectivity index (χ0n) is 12.4. The van der Waals surface area contributed by atoms with Crippen molar-refractivity contribution in [3.63, 3.8) is 0 Å². The van der Waals surface area contributed by atoms with Crippen molar-refractivity contribution in [1.82, 2.24) is 9.97 Å². The van der Waals surface area contributed by atoms with Crippen molar-refractivity contribution in [1.29, 1.82) is 0 Å². The summed E-state index contributed by atoms with van der Waals surface area (Å²) in [6.07, 6.45) is 4.60. The van der Waals surface area contributed by atoms with Crippen molar-refractivity contribution in [2.45, 2.75) is 32.6 Å². The first-order valence-electron chi connectivity index (χ1n) is 7.68. The van der Waals surface area contributed by atoms with Gasteiger partial charge in [-0.1, -0.05) is 19.1 Å². The van der Waals surface area contributed by atoms with Crippen molar-refractivity contribution in [2.75, 3.05) is 18.0 Å². The minimum Gasteiger partial charge on any atom is -0.508 e. The Hall–Kier alpha value is -2.10. The van der Waals surface area contributed by atoms with Crippen LogP contribution in [-0.2, 0) is 6.42 Å². The van der Waals surface area contributed by atoms with Gasteiger partial charge in [0.15, 0.2) is 0 Å². The standard InChI is InChI=1S/C17H21N3O/c1-2-14-12-16(13-7-6-8-15(21)11-13)19-17(18-14)20-9-4-3-5-10-20/h6-8,11-12,21H,2-5,9-10H2,1H3. The van der Waals surface area contributed by atoms with Gasteiger partial charge in [-0.25, -0.2) is 9.97 Å². The average molecular weight is 283 g/mol. The van der Waals surface area contributed by atoms with Gasteiger partial charge in [0.25, 0.3) is 0 Å². The average Bonchev–Trinajstić information content (AvgIpc) is 2.55. The van der Waals surface area contributed by atoms with E-state index in [0.717, 1.165) is 42.4 Å². The Kier molecular flexibility index (Phi) is 4.04. The summed E-state index contributed by atoms with van der Waals surface area (Å²) in [5, 5.41) is 9.67. The SMILES string of the molecule is CCc1cc(-c2cccc(O)c2)nc(N2CCCCC2)n1. The van der Waals surface area contributed by atoms with Gasteiger partial charge in [-0.2, -0.15) is 0 Å². The fraction of sp³-hybridized carbons (Fsp3) is 0.412. The third-order valence-corrected chi connectivity index (χ3v) is 3.91. The van der Waals surface area contributed by atoms with E-state index in [-0.39, 0.29) is 5.75 Å². The summed E-state index contributed by atoms with van der Waals surface area (Å²) in [6, 6.07) is 9.27. The molecule has 0 unspecified atom stereocenters. The first-order chi connectivity index (χ1) is 10.3. The van der Waals surface area contributed by atoms with Gasteiger partial charge in [0, 0.05) is 24.3 Å². The summed E-state index contributed by atoms with van der Waals surface area (Å²) in [5.74, 6) is 1.09. The maximum Gasteiger partial charge on any atom is 0.226 e. The van der Waals surface area contributed by atoms with Gasteiger partial charge in [0.05, 0.1) is 5.69 Å². The highest BCUT2D eigenvalue weighted by molar-refractivity contribution is 5.62. The van der Waals surface area contributed by atoms with Crippen molar-refractivity contribution in [3.05, 3.63) is 36.0 Å². The monoisotopic (exact) mass is 283 g/mol. The molecule has 1 aliphatic rings. The van der Waals surface area contributed by atoms with Crippen LogP contribution >= 0.6 is 0 Å². The lowest BCUT2D eigenvalue weighted by molar-refractivity contribution is 0.475. The third kappa shape index (κ3) is 3.15. The number of hydrogen-bond donors (Lipinski definition) is 1. The fourth-order valence-electron chi connectivity index (χ4n) is 2.71. The number of nitrogens with zero attached hydrogens (tertiary/aromatic N) is 3. The second-order valence-corrected chi connectivity index (χ2v) is 5.50. The van der Waals surface area contributed by atoms with E-state index in [1.54, 1.807) is 12.1 Å². The summed E-state index contributed by atoms with van der Waals surface area (Å²) in [7, 11) is 0. The highest BCUT2D eigenvalue weighted by Gasteiger charge is 2.15. The van der Waals surface area contributed by atoms with Crippen LogP contribution in [0.3, 0.4) is 0 Å². The first-order valence-corrected chi connectivity index (χ1v) is 7.68. The molecular formula is C17H21N3O. The zero-order valence-corrected chi connectivity index (χ0v) is 12.4. The molecule has 4 heteroatoms. The number of benzene rings is 1. The van der Waals surface area contributed by atoms with Gasteiger partial charge in [-0.15, -0.1) is 0 Å². The summed E-state index contributed by atoms with van der Waals surface area (Å²) in [4.78, 5) is 11.7. The van der Waals surface area contributed by atoms with Gasteiger partial charge >= 0.3 is 0 Å². The van der Waals surface area contributed by atoms with E-state index < -0.39 is 0 Å². The molecule has 0 amide bonds. The molecule has 0 aliphatic carbocycles. The number of rotatable bonds is 3. The van der Waals surface area contributed by atoms with Crippen LogP contribution in [0.15, 0.2) is 30.3 Å². The quantitative estimate of drug-likeness (QED) is 0.938. The Morgan fingerprint density at radius 1 is 1.10 bits per heavy atom. The fourth-order valence-corrected chi connectivity index (χ4v) is 2.71. The number of piperidine rings is 1. The Labute approximate surface area is 125 Å². The van der Waals surface area contributed by atoms with Gasteiger partial charge in [0.2, 0.25) is 5.95 Å². The highest BCUT2D eigenvalue weighted by Crippen LogP contribution is 2.25. The van der Waals surface area contributed by atoms with Gasteiger partial charge in [0.1, 0.15) is 5.75 Å². The lowest BCUT2D eigenvalue weighted by Gasteiger charge is -2.27. The third-order valence-electron chi connectivity index (χ3n) is 3.91. The predicted molar refractivity (Wildman–Crippen MR) is 84.6 cm³/mol. The minimum atomic E-state index is 0.267. The van der Waals surface area contributed by atoms with E-state index in [1.165, 1.54) is 19.3 Å². The van der Waals surface area contributed by atoms with Crippen LogP contribution in [-0.4, -0.2) is 28.2 Å². The molecule has 3 rings (SSSR count). The van der Waals surface area contributed by atoms with E-state index in [0.29, 0.717) is 0 Å². The molecule has 2 heterocycles. The number of hydrogen-bond acceptors (Lipinski definition) is 4. The molecule has 1 fully saturated rings. The smallest absolute Gasteiger partial charge is 0.226 e. The van der Waals surface area contributed by atoms with Gasteiger partial charge < -0.3 is 10.0 Å². The van der Waals surface area contributed by atoms with Crippen LogP contribution in [0.1, 0.15) is 31.9 Å². The molecule has 1 aromatic carbocycles. The Morgan fingerprint density at radius 2 is 1.90 bits per heavy atom. The van der Waals surface area contributed by atoms with Crippen LogP contribution in [0.5, 0.6) is 5.75 Å². The highest BCUT2D eigenvalue weighted by atomic mass is 16.3. The Bertz CT molecular complexity index is 621. The maximum absolute atomic E-state index is 9.67. The van der Waals surface area contributed by atoms with Crippen molar-refractivity contribution >= 4 is 5.95 Å². The number of anilines is 1. The number of aromatic nitrogens is 2. The van der Waals surface area contributed by atoms with E-state index in [2.05, 4.69) is 16.8 Å². The van der Waals surface area contributed by atoms with E-state index >= 15 is 0 Å². The zero-order chi connectivity index (χ0) is 14.7. The molecule has 0 bridgehead atoms. The van der Waals surface area contributed by atoms with Crippen LogP contribution in [0.4, 0.5) is 5.95 Å². The van der Waals surface area contributed by atoms with Crippen molar-refractivity contribution in [3.8, 4) is 17.0 Å². The molecule has 1 saturated heterocycles. The number of aryl methyl sites for hydroxylation is 1. The lowest BCUT2D eigenvalue weighted by Crippen LogP contribution is -2.31. The molecular weight excluding hydrogens is 262 g/mol. The molecule has 110 valence electrons. The molecule has 1 aliphatic heterocycles. The molecule has 21 heavy (non-hydrogen) atoms. The van der Waals surface area contributed by atoms with Crippen LogP contribution in [0.25, 0.3) is 11.3 Å². The molecule has 0 atom stereocenters. The van der Waals surface area contributed by atoms with Crippen molar-refractivity contribution in [2.24, 2.45) is 0 Å². The molecule has 2 aromatic rings. The largest absolute Gasteiger partial charge is 0.508 e. The second-order valence-electron chi connectivity index (χ2n) is 5.50. The molecule has 4 nitrogen and oxygen atoms in total. The van der Waals surface area contributed by atoms with E-state index in [1.807, 2.05) is 18.2 Å². The van der Waals surface area contributed by atoms with Crippen molar-refractivity contribution < 1.29 is 5.11 Å². The Balaban J connectivity index is 2.00. The number of aromatic hydroxyl groups is 1. The van der Waals surface area contributed by atoms with E-state index in [9.17, 15) is 5.11 Å². The van der Waals surface area contributed by atoms with Crippen LogP contribution in [0, 0.1) is 0 Å². The van der Waals surface area contributed by atoms with E-state index in [4.69, 9.17) is 4.98 Å². The van der Waals surface area contributed by atoms with Gasteiger partial charge in [-0.3, -0.25) is 0 Å². The second kappa shape index (κ2) is 6.12. The molecule has 0 spiro atoms. The number of phenolic OH excluding ortho intramolecular Hbond substituents is 1. The van der Waals surface area contributed by atoms with Crippen LogP contribution < -0.4 is 4.90 Å². The first kappa shape index (κ1) is 13.9. The molecule has 1 aromatic heterocycles. The number of phenols is 1. The van der Waals surface area contributed by atoms with Gasteiger partial charge in [-0.05, 0) is 43.9 Å². The lowest BCUT2D eigenvalue weighted by atomic mass is 10.1. The minimum absolute atomic E-state index is 0.267. The normalized spacial score (nSPS) is 15.2. The topological polar surface area (TPSA) is 49.3 Å². The molecule has 1 N–H and O–H groups in total. The Morgan fingerprint density at radius 3 is 2.62 bits per heavy atom. The summed E-state index contributed by atoms with van der Waals surface area (Å²) in [6.45, 7) is 4.17. The predicted octanol–water partition coefficient (Wildman–Crippen LogP) is 3.40. The summed E-state index contributed by atoms with van der Waals surface area (Å²) < 4.78 is 0. The van der Waals surface area contributed by atoms with Crippen LogP contribution in [0.2, 0.25) is 0 Å². The maximum atomic E-state index is 9.67. The molecule has 0 saturated carbocycles.